The number of hydrogen-bond acceptors (Lipinski definition) is 1. The molecule has 0 aliphatic carbocycles. The molecule has 0 radical (unpaired) electrons. The standard InChI is InChI=1S/C9H19N.C4H10.C2H6/c1-8(2)6-5-7-10-9(3)4;1-4(2)3;1-2/h5,7-10H,6H2,1-4H3;4H,1-3H3;1-2H3. The van der Waals surface area contributed by atoms with E-state index >= 15 is 0 Å². The molecule has 0 saturated carbocycles. The molecule has 0 aromatic rings. The normalized spacial score (nSPS) is 10.0. The van der Waals surface area contributed by atoms with E-state index < -0.39 is 0 Å². The molecule has 0 spiro atoms. The molecule has 0 rings (SSSR count). The van der Waals surface area contributed by atoms with Crippen LogP contribution < -0.4 is 5.32 Å². The Balaban J connectivity index is -0.000000237. The van der Waals surface area contributed by atoms with Gasteiger partial charge >= 0.3 is 0 Å². The van der Waals surface area contributed by atoms with Gasteiger partial charge in [0.15, 0.2) is 0 Å². The minimum absolute atomic E-state index is 0.559. The van der Waals surface area contributed by atoms with Gasteiger partial charge in [0.05, 0.1) is 0 Å². The highest BCUT2D eigenvalue weighted by Gasteiger charge is 1.87. The second-order valence-electron chi connectivity index (χ2n) is 5.09. The van der Waals surface area contributed by atoms with Gasteiger partial charge in [-0.2, -0.15) is 0 Å². The van der Waals surface area contributed by atoms with Crippen LogP contribution in [0.25, 0.3) is 0 Å². The van der Waals surface area contributed by atoms with Crippen LogP contribution in [0.2, 0.25) is 0 Å². The SMILES string of the molecule is CC.CC(C)C.CC(C)CC=CNC(C)C. The molecule has 0 aliphatic rings. The molecule has 0 aromatic heterocycles. The van der Waals surface area contributed by atoms with Crippen molar-refractivity contribution in [1.82, 2.24) is 5.32 Å². The van der Waals surface area contributed by atoms with E-state index in [2.05, 4.69) is 59.9 Å². The lowest BCUT2D eigenvalue weighted by atomic mass is 10.1. The summed E-state index contributed by atoms with van der Waals surface area (Å²) in [4.78, 5) is 0. The Labute approximate surface area is 105 Å². The Hall–Kier alpha value is -0.460. The van der Waals surface area contributed by atoms with E-state index in [-0.39, 0.29) is 0 Å². The number of rotatable bonds is 4. The summed E-state index contributed by atoms with van der Waals surface area (Å²) in [5, 5.41) is 3.22. The summed E-state index contributed by atoms with van der Waals surface area (Å²) in [6.45, 7) is 19.2. The minimum atomic E-state index is 0.559. The Bertz CT molecular complexity index is 109. The van der Waals surface area contributed by atoms with Crippen molar-refractivity contribution >= 4 is 0 Å². The zero-order valence-electron chi connectivity index (χ0n) is 13.1. The summed E-state index contributed by atoms with van der Waals surface area (Å²) < 4.78 is 0. The van der Waals surface area contributed by atoms with Gasteiger partial charge in [-0.3, -0.25) is 0 Å². The molecule has 100 valence electrons. The summed E-state index contributed by atoms with van der Waals surface area (Å²) >= 11 is 0. The number of allylic oxidation sites excluding steroid dienone is 1. The molecule has 1 nitrogen and oxygen atoms in total. The lowest BCUT2D eigenvalue weighted by Crippen LogP contribution is -2.15. The van der Waals surface area contributed by atoms with E-state index in [0.29, 0.717) is 6.04 Å². The van der Waals surface area contributed by atoms with Crippen molar-refractivity contribution in [2.24, 2.45) is 11.8 Å². The van der Waals surface area contributed by atoms with Crippen LogP contribution in [0.15, 0.2) is 12.3 Å². The van der Waals surface area contributed by atoms with Gasteiger partial charge in [0.2, 0.25) is 0 Å². The molecule has 0 amide bonds. The smallest absolute Gasteiger partial charge is 0.0199 e. The Morgan fingerprint density at radius 1 is 0.875 bits per heavy atom. The van der Waals surface area contributed by atoms with Crippen molar-refractivity contribution in [3.63, 3.8) is 0 Å². The minimum Gasteiger partial charge on any atom is -0.389 e. The zero-order valence-corrected chi connectivity index (χ0v) is 13.1. The number of hydrogen-bond donors (Lipinski definition) is 1. The van der Waals surface area contributed by atoms with Crippen LogP contribution in [-0.4, -0.2) is 6.04 Å². The summed E-state index contributed by atoms with van der Waals surface area (Å²) in [5.41, 5.74) is 0. The van der Waals surface area contributed by atoms with Crippen LogP contribution >= 0.6 is 0 Å². The van der Waals surface area contributed by atoms with Crippen molar-refractivity contribution in [3.8, 4) is 0 Å². The van der Waals surface area contributed by atoms with Crippen LogP contribution in [0.4, 0.5) is 0 Å². The molecule has 0 aliphatic heterocycles. The molecule has 1 N–H and O–H groups in total. The third-order valence-electron chi connectivity index (χ3n) is 1.15. The van der Waals surface area contributed by atoms with E-state index in [1.165, 1.54) is 6.42 Å². The highest BCUT2D eigenvalue weighted by atomic mass is 14.9. The molecule has 16 heavy (non-hydrogen) atoms. The van der Waals surface area contributed by atoms with Gasteiger partial charge in [-0.25, -0.2) is 0 Å². The van der Waals surface area contributed by atoms with E-state index in [1.807, 2.05) is 20.0 Å². The second kappa shape index (κ2) is 17.0. The zero-order chi connectivity index (χ0) is 13.6. The van der Waals surface area contributed by atoms with Crippen molar-refractivity contribution in [3.05, 3.63) is 12.3 Å². The van der Waals surface area contributed by atoms with Gasteiger partial charge in [-0.1, -0.05) is 54.5 Å². The van der Waals surface area contributed by atoms with Gasteiger partial charge in [0.1, 0.15) is 0 Å². The highest BCUT2D eigenvalue weighted by Crippen LogP contribution is 1.98. The first kappa shape index (κ1) is 20.9. The molecule has 0 atom stereocenters. The van der Waals surface area contributed by atoms with E-state index in [4.69, 9.17) is 0 Å². The van der Waals surface area contributed by atoms with E-state index in [9.17, 15) is 0 Å². The summed E-state index contributed by atoms with van der Waals surface area (Å²) in [6.07, 6.45) is 5.40. The largest absolute Gasteiger partial charge is 0.389 e. The maximum Gasteiger partial charge on any atom is 0.0199 e. The first-order valence-corrected chi connectivity index (χ1v) is 6.77. The molecule has 0 aromatic carbocycles. The highest BCUT2D eigenvalue weighted by molar-refractivity contribution is 4.81. The van der Waals surface area contributed by atoms with Gasteiger partial charge in [0, 0.05) is 6.04 Å². The molecule has 0 heterocycles. The maximum atomic E-state index is 3.22. The lowest BCUT2D eigenvalue weighted by Gasteiger charge is -2.03. The van der Waals surface area contributed by atoms with E-state index in [0.717, 1.165) is 11.8 Å². The Kier molecular flexibility index (Phi) is 22.1. The van der Waals surface area contributed by atoms with E-state index in [1.54, 1.807) is 0 Å². The second-order valence-corrected chi connectivity index (χ2v) is 5.09. The van der Waals surface area contributed by atoms with Crippen molar-refractivity contribution in [1.29, 1.82) is 0 Å². The summed E-state index contributed by atoms with van der Waals surface area (Å²) in [5.74, 6) is 1.60. The lowest BCUT2D eigenvalue weighted by molar-refractivity contribution is 0.652. The average Bonchev–Trinajstić information content (AvgIpc) is 2.14. The average molecular weight is 229 g/mol. The quantitative estimate of drug-likeness (QED) is 0.696. The Morgan fingerprint density at radius 3 is 1.50 bits per heavy atom. The predicted octanol–water partition coefficient (Wildman–Crippen LogP) is 5.23. The van der Waals surface area contributed by atoms with Crippen LogP contribution in [0, 0.1) is 11.8 Å². The van der Waals surface area contributed by atoms with Crippen molar-refractivity contribution in [2.75, 3.05) is 0 Å². The fourth-order valence-electron chi connectivity index (χ4n) is 0.601. The van der Waals surface area contributed by atoms with Gasteiger partial charge in [-0.15, -0.1) is 0 Å². The topological polar surface area (TPSA) is 12.0 Å². The maximum absolute atomic E-state index is 3.22. The van der Waals surface area contributed by atoms with Crippen LogP contribution in [0.5, 0.6) is 0 Å². The third-order valence-corrected chi connectivity index (χ3v) is 1.15. The van der Waals surface area contributed by atoms with Crippen molar-refractivity contribution < 1.29 is 0 Å². The van der Waals surface area contributed by atoms with Crippen LogP contribution in [0.3, 0.4) is 0 Å². The molecule has 0 unspecified atom stereocenters. The molecule has 1 heteroatoms. The fraction of sp³-hybridized carbons (Fsp3) is 0.867. The molecule has 0 fully saturated rings. The Morgan fingerprint density at radius 2 is 1.25 bits per heavy atom. The molecular formula is C15H35N. The summed E-state index contributed by atoms with van der Waals surface area (Å²) in [7, 11) is 0. The third kappa shape index (κ3) is 49.8. The predicted molar refractivity (Wildman–Crippen MR) is 78.7 cm³/mol. The van der Waals surface area contributed by atoms with Gasteiger partial charge < -0.3 is 5.32 Å². The monoisotopic (exact) mass is 229 g/mol. The van der Waals surface area contributed by atoms with Crippen molar-refractivity contribution in [2.45, 2.75) is 74.8 Å². The molecule has 0 saturated heterocycles. The number of nitrogens with one attached hydrogen (secondary N) is 1. The molecule has 0 bridgehead atoms. The first-order chi connectivity index (χ1) is 7.36. The molecular weight excluding hydrogens is 194 g/mol. The van der Waals surface area contributed by atoms with Gasteiger partial charge in [-0.05, 0) is 38.3 Å². The first-order valence-electron chi connectivity index (χ1n) is 6.77. The van der Waals surface area contributed by atoms with Crippen LogP contribution in [-0.2, 0) is 0 Å². The van der Waals surface area contributed by atoms with Gasteiger partial charge in [0.25, 0.3) is 0 Å². The van der Waals surface area contributed by atoms with Crippen LogP contribution in [0.1, 0.15) is 68.7 Å². The summed E-state index contributed by atoms with van der Waals surface area (Å²) in [6, 6.07) is 0.559. The fourth-order valence-corrected chi connectivity index (χ4v) is 0.601.